The zero-order valence-corrected chi connectivity index (χ0v) is 12.1. The highest BCUT2D eigenvalue weighted by Crippen LogP contribution is 2.40. The Morgan fingerprint density at radius 2 is 1.89 bits per heavy atom. The highest BCUT2D eigenvalue weighted by atomic mass is 16.5. The molecule has 1 aliphatic rings. The smallest absolute Gasteiger partial charge is 0.127 e. The lowest BCUT2D eigenvalue weighted by atomic mass is 9.90. The average Bonchev–Trinajstić information content (AvgIpc) is 2.86. The van der Waals surface area contributed by atoms with Gasteiger partial charge in [-0.2, -0.15) is 0 Å². The van der Waals surface area contributed by atoms with Gasteiger partial charge in [0.2, 0.25) is 0 Å². The first-order valence-electron chi connectivity index (χ1n) is 6.71. The van der Waals surface area contributed by atoms with Crippen molar-refractivity contribution in [1.82, 2.24) is 5.32 Å². The number of methoxy groups -OCH3 is 2. The largest absolute Gasteiger partial charge is 0.496 e. The minimum Gasteiger partial charge on any atom is -0.496 e. The van der Waals surface area contributed by atoms with E-state index < -0.39 is 0 Å². The van der Waals surface area contributed by atoms with Gasteiger partial charge in [-0.1, -0.05) is 6.07 Å². The highest BCUT2D eigenvalue weighted by molar-refractivity contribution is 5.47. The predicted molar refractivity (Wildman–Crippen MR) is 74.9 cm³/mol. The Balaban J connectivity index is 2.36. The van der Waals surface area contributed by atoms with E-state index in [-0.39, 0.29) is 6.04 Å². The molecule has 1 fully saturated rings. The average molecular weight is 265 g/mol. The summed E-state index contributed by atoms with van der Waals surface area (Å²) in [5.41, 5.74) is 1.08. The third kappa shape index (κ3) is 2.85. The molecule has 2 rings (SSSR count). The van der Waals surface area contributed by atoms with Crippen LogP contribution in [0, 0.1) is 5.92 Å². The van der Waals surface area contributed by atoms with Crippen LogP contribution >= 0.6 is 0 Å². The van der Waals surface area contributed by atoms with Gasteiger partial charge < -0.3 is 19.5 Å². The molecule has 1 saturated heterocycles. The van der Waals surface area contributed by atoms with E-state index in [4.69, 9.17) is 14.2 Å². The molecule has 1 N–H and O–H groups in total. The second-order valence-corrected chi connectivity index (χ2v) is 4.98. The van der Waals surface area contributed by atoms with Gasteiger partial charge >= 0.3 is 0 Å². The molecular formula is C15H23NO3. The summed E-state index contributed by atoms with van der Waals surface area (Å²) in [6.07, 6.45) is 1.37. The third-order valence-electron chi connectivity index (χ3n) is 3.79. The minimum absolute atomic E-state index is 0.177. The maximum Gasteiger partial charge on any atom is 0.127 e. The normalized spacial score (nSPS) is 24.2. The molecule has 0 aromatic heterocycles. The van der Waals surface area contributed by atoms with Crippen molar-refractivity contribution in [2.75, 3.05) is 27.9 Å². The topological polar surface area (TPSA) is 39.7 Å². The summed E-state index contributed by atoms with van der Waals surface area (Å²) in [7, 11) is 5.36. The molecule has 4 heteroatoms. The van der Waals surface area contributed by atoms with E-state index in [1.54, 1.807) is 14.2 Å². The SMILES string of the molecule is CNC(c1c(OC)cccc1OC)C1COC(C)C1. The molecule has 106 valence electrons. The Morgan fingerprint density at radius 3 is 2.32 bits per heavy atom. The van der Waals surface area contributed by atoms with E-state index in [1.165, 1.54) is 0 Å². The fourth-order valence-electron chi connectivity index (χ4n) is 2.88. The van der Waals surface area contributed by atoms with Crippen LogP contribution in [0.3, 0.4) is 0 Å². The Bertz CT molecular complexity index is 400. The molecule has 1 heterocycles. The lowest BCUT2D eigenvalue weighted by Gasteiger charge is -2.26. The van der Waals surface area contributed by atoms with Crippen LogP contribution in [0.15, 0.2) is 18.2 Å². The van der Waals surface area contributed by atoms with Crippen LogP contribution in [0.5, 0.6) is 11.5 Å². The van der Waals surface area contributed by atoms with Crippen molar-refractivity contribution >= 4 is 0 Å². The van der Waals surface area contributed by atoms with E-state index >= 15 is 0 Å². The van der Waals surface area contributed by atoms with Gasteiger partial charge in [-0.3, -0.25) is 0 Å². The van der Waals surface area contributed by atoms with Crippen molar-refractivity contribution in [3.05, 3.63) is 23.8 Å². The van der Waals surface area contributed by atoms with Gasteiger partial charge in [0.1, 0.15) is 11.5 Å². The zero-order valence-electron chi connectivity index (χ0n) is 12.1. The minimum atomic E-state index is 0.177. The quantitative estimate of drug-likeness (QED) is 0.887. The molecule has 0 spiro atoms. The Hall–Kier alpha value is -1.26. The van der Waals surface area contributed by atoms with Gasteiger partial charge in [-0.25, -0.2) is 0 Å². The first-order chi connectivity index (χ1) is 9.21. The maximum absolute atomic E-state index is 5.70. The summed E-state index contributed by atoms with van der Waals surface area (Å²) in [5, 5.41) is 3.39. The number of hydrogen-bond donors (Lipinski definition) is 1. The van der Waals surface area contributed by atoms with Crippen molar-refractivity contribution in [3.63, 3.8) is 0 Å². The molecule has 3 unspecified atom stereocenters. The van der Waals surface area contributed by atoms with Gasteiger partial charge in [0.05, 0.1) is 32.5 Å². The van der Waals surface area contributed by atoms with Gasteiger partial charge in [0.25, 0.3) is 0 Å². The van der Waals surface area contributed by atoms with Gasteiger partial charge in [-0.15, -0.1) is 0 Å². The monoisotopic (exact) mass is 265 g/mol. The van der Waals surface area contributed by atoms with E-state index in [1.807, 2.05) is 25.2 Å². The number of benzene rings is 1. The Morgan fingerprint density at radius 1 is 1.26 bits per heavy atom. The highest BCUT2D eigenvalue weighted by Gasteiger charge is 2.33. The molecule has 3 atom stereocenters. The Kier molecular flexibility index (Phi) is 4.66. The standard InChI is InChI=1S/C15H23NO3/c1-10-8-11(9-19-10)15(16-2)14-12(17-3)6-5-7-13(14)18-4/h5-7,10-11,15-16H,8-9H2,1-4H3. The number of nitrogens with one attached hydrogen (secondary N) is 1. The molecule has 0 bridgehead atoms. The van der Waals surface area contributed by atoms with Gasteiger partial charge in [0.15, 0.2) is 0 Å². The van der Waals surface area contributed by atoms with Crippen LogP contribution in [-0.2, 0) is 4.74 Å². The number of hydrogen-bond acceptors (Lipinski definition) is 4. The van der Waals surface area contributed by atoms with E-state index in [2.05, 4.69) is 12.2 Å². The fourth-order valence-corrected chi connectivity index (χ4v) is 2.88. The first kappa shape index (κ1) is 14.2. The summed E-state index contributed by atoms with van der Waals surface area (Å²) in [5.74, 6) is 2.15. The third-order valence-corrected chi connectivity index (χ3v) is 3.79. The molecule has 0 aliphatic carbocycles. The Labute approximate surface area is 115 Å². The molecule has 4 nitrogen and oxygen atoms in total. The van der Waals surface area contributed by atoms with Gasteiger partial charge in [-0.05, 0) is 32.5 Å². The van der Waals surface area contributed by atoms with Crippen LogP contribution in [0.4, 0.5) is 0 Å². The van der Waals surface area contributed by atoms with Crippen LogP contribution in [0.2, 0.25) is 0 Å². The van der Waals surface area contributed by atoms with Crippen LogP contribution in [0.25, 0.3) is 0 Å². The molecule has 1 aromatic carbocycles. The van der Waals surface area contributed by atoms with Crippen LogP contribution < -0.4 is 14.8 Å². The van der Waals surface area contributed by atoms with E-state index in [0.29, 0.717) is 12.0 Å². The number of ether oxygens (including phenoxy) is 3. The summed E-state index contributed by atoms with van der Waals surface area (Å²) in [6.45, 7) is 2.89. The fraction of sp³-hybridized carbons (Fsp3) is 0.600. The molecule has 0 radical (unpaired) electrons. The summed E-state index contributed by atoms with van der Waals surface area (Å²) in [6, 6.07) is 6.07. The molecule has 0 saturated carbocycles. The van der Waals surface area contributed by atoms with Crippen molar-refractivity contribution in [2.24, 2.45) is 5.92 Å². The van der Waals surface area contributed by atoms with Crippen molar-refractivity contribution in [2.45, 2.75) is 25.5 Å². The summed E-state index contributed by atoms with van der Waals surface area (Å²) >= 11 is 0. The van der Waals surface area contributed by atoms with Gasteiger partial charge in [0, 0.05) is 12.0 Å². The molecular weight excluding hydrogens is 242 g/mol. The first-order valence-corrected chi connectivity index (χ1v) is 6.71. The summed E-state index contributed by atoms with van der Waals surface area (Å²) in [4.78, 5) is 0. The van der Waals surface area contributed by atoms with Crippen molar-refractivity contribution in [1.29, 1.82) is 0 Å². The van der Waals surface area contributed by atoms with Crippen molar-refractivity contribution in [3.8, 4) is 11.5 Å². The predicted octanol–water partition coefficient (Wildman–Crippen LogP) is 2.39. The lowest BCUT2D eigenvalue weighted by molar-refractivity contribution is 0.117. The molecule has 19 heavy (non-hydrogen) atoms. The second-order valence-electron chi connectivity index (χ2n) is 4.98. The molecule has 1 aromatic rings. The second kappa shape index (κ2) is 6.26. The van der Waals surface area contributed by atoms with E-state index in [9.17, 15) is 0 Å². The number of rotatable bonds is 5. The van der Waals surface area contributed by atoms with Crippen molar-refractivity contribution < 1.29 is 14.2 Å². The molecule has 1 aliphatic heterocycles. The zero-order chi connectivity index (χ0) is 13.8. The van der Waals surface area contributed by atoms with Crippen LogP contribution in [0.1, 0.15) is 24.9 Å². The summed E-state index contributed by atoms with van der Waals surface area (Å²) < 4.78 is 16.7. The van der Waals surface area contributed by atoms with Crippen LogP contribution in [-0.4, -0.2) is 34.0 Å². The molecule has 0 amide bonds. The van der Waals surface area contributed by atoms with E-state index in [0.717, 1.165) is 30.1 Å². The lowest BCUT2D eigenvalue weighted by Crippen LogP contribution is -2.26. The maximum atomic E-state index is 5.70.